The summed E-state index contributed by atoms with van der Waals surface area (Å²) in [5.74, 6) is -0.404. The predicted octanol–water partition coefficient (Wildman–Crippen LogP) is 2.75. The van der Waals surface area contributed by atoms with E-state index in [0.29, 0.717) is 0 Å². The van der Waals surface area contributed by atoms with Gasteiger partial charge in [0.2, 0.25) is 0 Å². The van der Waals surface area contributed by atoms with Crippen LogP contribution in [0.4, 0.5) is 10.1 Å². The van der Waals surface area contributed by atoms with Crippen molar-refractivity contribution >= 4 is 16.7 Å². The highest BCUT2D eigenvalue weighted by atomic mass is 19.1. The Labute approximate surface area is 97.3 Å². The molecule has 3 rings (SSSR count). The van der Waals surface area contributed by atoms with Crippen molar-refractivity contribution in [2.45, 2.75) is 0 Å². The standard InChI is InChI=1S/C13H10FN3/c14-10-6-5-9(7-11(10)15)17-8-16-12-3-1-2-4-13(12)17/h1-8H,15H2. The number of para-hydroxylation sites is 2. The third-order valence-corrected chi connectivity index (χ3v) is 2.71. The van der Waals surface area contributed by atoms with E-state index >= 15 is 0 Å². The molecule has 0 fully saturated rings. The van der Waals surface area contributed by atoms with Crippen LogP contribution in [0.15, 0.2) is 48.8 Å². The van der Waals surface area contributed by atoms with Gasteiger partial charge in [0.25, 0.3) is 0 Å². The molecule has 0 aliphatic carbocycles. The van der Waals surface area contributed by atoms with Crippen molar-refractivity contribution in [2.75, 3.05) is 5.73 Å². The molecule has 0 unspecified atom stereocenters. The Morgan fingerprint density at radius 2 is 1.94 bits per heavy atom. The second kappa shape index (κ2) is 3.59. The van der Waals surface area contributed by atoms with Gasteiger partial charge in [-0.2, -0.15) is 0 Å². The molecule has 0 saturated carbocycles. The fourth-order valence-electron chi connectivity index (χ4n) is 1.85. The van der Waals surface area contributed by atoms with Gasteiger partial charge in [-0.25, -0.2) is 9.37 Å². The Bertz CT molecular complexity index is 688. The minimum absolute atomic E-state index is 0.139. The first kappa shape index (κ1) is 9.84. The van der Waals surface area contributed by atoms with Crippen LogP contribution in [0.25, 0.3) is 16.7 Å². The van der Waals surface area contributed by atoms with Gasteiger partial charge >= 0.3 is 0 Å². The molecule has 0 radical (unpaired) electrons. The lowest BCUT2D eigenvalue weighted by Gasteiger charge is -2.05. The van der Waals surface area contributed by atoms with E-state index in [1.54, 1.807) is 18.5 Å². The van der Waals surface area contributed by atoms with E-state index in [1.807, 2.05) is 28.8 Å². The molecule has 17 heavy (non-hydrogen) atoms. The zero-order valence-electron chi connectivity index (χ0n) is 8.97. The molecular weight excluding hydrogens is 217 g/mol. The lowest BCUT2D eigenvalue weighted by molar-refractivity contribution is 0.632. The van der Waals surface area contributed by atoms with Crippen LogP contribution in [0, 0.1) is 5.82 Å². The zero-order valence-corrected chi connectivity index (χ0v) is 8.97. The number of hydrogen-bond acceptors (Lipinski definition) is 2. The van der Waals surface area contributed by atoms with Crippen molar-refractivity contribution in [3.05, 3.63) is 54.6 Å². The maximum absolute atomic E-state index is 13.1. The van der Waals surface area contributed by atoms with Crippen LogP contribution in [-0.4, -0.2) is 9.55 Å². The van der Waals surface area contributed by atoms with Crippen molar-refractivity contribution in [1.82, 2.24) is 9.55 Å². The molecule has 1 aromatic heterocycles. The number of nitrogens with zero attached hydrogens (tertiary/aromatic N) is 2. The van der Waals surface area contributed by atoms with Gasteiger partial charge in [0.1, 0.15) is 12.1 Å². The summed E-state index contributed by atoms with van der Waals surface area (Å²) in [5.41, 5.74) is 8.37. The Kier molecular flexibility index (Phi) is 2.08. The molecule has 4 heteroatoms. The Morgan fingerprint density at radius 3 is 2.76 bits per heavy atom. The number of aromatic nitrogens is 2. The van der Waals surface area contributed by atoms with Crippen LogP contribution in [-0.2, 0) is 0 Å². The fourth-order valence-corrected chi connectivity index (χ4v) is 1.85. The molecule has 1 heterocycles. The third kappa shape index (κ3) is 1.54. The summed E-state index contributed by atoms with van der Waals surface area (Å²) in [6.45, 7) is 0. The van der Waals surface area contributed by atoms with E-state index in [1.165, 1.54) is 6.07 Å². The molecule has 3 nitrogen and oxygen atoms in total. The lowest BCUT2D eigenvalue weighted by Crippen LogP contribution is -1.96. The summed E-state index contributed by atoms with van der Waals surface area (Å²) < 4.78 is 15.0. The van der Waals surface area contributed by atoms with E-state index in [9.17, 15) is 4.39 Å². The van der Waals surface area contributed by atoms with Crippen molar-refractivity contribution in [1.29, 1.82) is 0 Å². The molecule has 2 aromatic carbocycles. The van der Waals surface area contributed by atoms with Crippen LogP contribution in [0.5, 0.6) is 0 Å². The average Bonchev–Trinajstić information content (AvgIpc) is 2.76. The van der Waals surface area contributed by atoms with Gasteiger partial charge in [0.15, 0.2) is 0 Å². The second-order valence-corrected chi connectivity index (χ2v) is 3.81. The summed E-state index contributed by atoms with van der Waals surface area (Å²) in [6, 6.07) is 12.4. The van der Waals surface area contributed by atoms with E-state index in [0.717, 1.165) is 16.7 Å². The summed E-state index contributed by atoms with van der Waals surface area (Å²) in [6.07, 6.45) is 1.71. The topological polar surface area (TPSA) is 43.8 Å². The molecule has 0 atom stereocenters. The van der Waals surface area contributed by atoms with Crippen LogP contribution >= 0.6 is 0 Å². The first-order valence-electron chi connectivity index (χ1n) is 5.23. The highest BCUT2D eigenvalue weighted by Crippen LogP contribution is 2.20. The first-order valence-corrected chi connectivity index (χ1v) is 5.23. The van der Waals surface area contributed by atoms with E-state index < -0.39 is 5.82 Å². The highest BCUT2D eigenvalue weighted by Gasteiger charge is 2.05. The Balaban J connectivity index is 2.24. The highest BCUT2D eigenvalue weighted by molar-refractivity contribution is 5.77. The van der Waals surface area contributed by atoms with Gasteiger partial charge in [0.05, 0.1) is 16.7 Å². The minimum atomic E-state index is -0.404. The van der Waals surface area contributed by atoms with Crippen LogP contribution in [0.3, 0.4) is 0 Å². The monoisotopic (exact) mass is 227 g/mol. The second-order valence-electron chi connectivity index (χ2n) is 3.81. The number of halogens is 1. The number of anilines is 1. The summed E-state index contributed by atoms with van der Waals surface area (Å²) in [7, 11) is 0. The lowest BCUT2D eigenvalue weighted by atomic mass is 10.2. The van der Waals surface area contributed by atoms with Gasteiger partial charge in [-0.3, -0.25) is 4.57 Å². The van der Waals surface area contributed by atoms with Crippen molar-refractivity contribution in [3.63, 3.8) is 0 Å². The van der Waals surface area contributed by atoms with E-state index in [-0.39, 0.29) is 5.69 Å². The van der Waals surface area contributed by atoms with Gasteiger partial charge in [-0.15, -0.1) is 0 Å². The number of hydrogen-bond donors (Lipinski definition) is 1. The zero-order chi connectivity index (χ0) is 11.8. The Hall–Kier alpha value is -2.36. The number of rotatable bonds is 1. The molecule has 0 bridgehead atoms. The number of imidazole rings is 1. The van der Waals surface area contributed by atoms with Crippen LogP contribution in [0.1, 0.15) is 0 Å². The molecule has 0 spiro atoms. The first-order chi connectivity index (χ1) is 8.25. The SMILES string of the molecule is Nc1cc(-n2cnc3ccccc32)ccc1F. The van der Waals surface area contributed by atoms with Gasteiger partial charge in [-0.1, -0.05) is 12.1 Å². The van der Waals surface area contributed by atoms with E-state index in [4.69, 9.17) is 5.73 Å². The number of nitrogens with two attached hydrogens (primary N) is 1. The van der Waals surface area contributed by atoms with Gasteiger partial charge in [-0.05, 0) is 30.3 Å². The summed E-state index contributed by atoms with van der Waals surface area (Å²) in [4.78, 5) is 4.28. The van der Waals surface area contributed by atoms with Gasteiger partial charge < -0.3 is 5.73 Å². The summed E-state index contributed by atoms with van der Waals surface area (Å²) in [5, 5.41) is 0. The molecule has 84 valence electrons. The molecule has 0 aliphatic heterocycles. The molecular formula is C13H10FN3. The molecule has 0 amide bonds. The Morgan fingerprint density at radius 1 is 1.12 bits per heavy atom. The number of nitrogen functional groups attached to an aromatic ring is 1. The largest absolute Gasteiger partial charge is 0.396 e. The normalized spacial score (nSPS) is 10.9. The van der Waals surface area contributed by atoms with Crippen molar-refractivity contribution < 1.29 is 4.39 Å². The van der Waals surface area contributed by atoms with Crippen LogP contribution in [0.2, 0.25) is 0 Å². The quantitative estimate of drug-likeness (QED) is 0.649. The maximum atomic E-state index is 13.1. The van der Waals surface area contributed by atoms with Crippen molar-refractivity contribution in [2.24, 2.45) is 0 Å². The third-order valence-electron chi connectivity index (χ3n) is 2.71. The summed E-state index contributed by atoms with van der Waals surface area (Å²) >= 11 is 0. The molecule has 2 N–H and O–H groups in total. The van der Waals surface area contributed by atoms with Crippen molar-refractivity contribution in [3.8, 4) is 5.69 Å². The van der Waals surface area contributed by atoms with Gasteiger partial charge in [0, 0.05) is 5.69 Å². The fraction of sp³-hybridized carbons (Fsp3) is 0. The number of fused-ring (bicyclic) bond motifs is 1. The minimum Gasteiger partial charge on any atom is -0.396 e. The molecule has 0 saturated heterocycles. The average molecular weight is 227 g/mol. The molecule has 0 aliphatic rings. The predicted molar refractivity (Wildman–Crippen MR) is 65.4 cm³/mol. The van der Waals surface area contributed by atoms with Crippen LogP contribution < -0.4 is 5.73 Å². The maximum Gasteiger partial charge on any atom is 0.146 e. The number of benzene rings is 2. The van der Waals surface area contributed by atoms with E-state index in [2.05, 4.69) is 4.98 Å². The molecule has 3 aromatic rings. The smallest absolute Gasteiger partial charge is 0.146 e.